The lowest BCUT2D eigenvalue weighted by molar-refractivity contribution is 0.925. The molecule has 0 heterocycles. The molecular weight excluding hydrogens is 106 g/mol. The minimum absolute atomic E-state index is 1.14. The first-order chi connectivity index (χ1) is 3.43. The van der Waals surface area contributed by atoms with Crippen molar-refractivity contribution in [1.82, 2.24) is 0 Å². The average molecular weight is 114 g/mol. The third-order valence-electron chi connectivity index (χ3n) is 1.13. The van der Waals surface area contributed by atoms with E-state index in [1.54, 1.807) is 0 Å². The van der Waals surface area contributed by atoms with E-state index < -0.39 is 0 Å². The van der Waals surface area contributed by atoms with Gasteiger partial charge in [-0.2, -0.15) is 0 Å². The second kappa shape index (κ2) is 2.17. The van der Waals surface area contributed by atoms with E-state index in [4.69, 9.17) is 4.78 Å². The van der Waals surface area contributed by atoms with Crippen molar-refractivity contribution in [2.45, 2.75) is 19.3 Å². The summed E-state index contributed by atoms with van der Waals surface area (Å²) in [6, 6.07) is 0. The van der Waals surface area contributed by atoms with Crippen LogP contribution in [-0.2, 0) is 11.6 Å². The smallest absolute Gasteiger partial charge is 0.0406 e. The second-order valence-electron chi connectivity index (χ2n) is 1.66. The molecule has 0 spiro atoms. The van der Waals surface area contributed by atoms with Crippen LogP contribution in [0.2, 0.25) is 0 Å². The van der Waals surface area contributed by atoms with Crippen LogP contribution in [0.3, 0.4) is 0 Å². The van der Waals surface area contributed by atoms with Crippen molar-refractivity contribution in [3.8, 4) is 0 Å². The standard InChI is InChI=1S/C5H8NS/c6-7-5-3-1-2-4-5/h3,6H,1-2,4H2/q+1. The lowest BCUT2D eigenvalue weighted by Gasteiger charge is -1.68. The van der Waals surface area contributed by atoms with E-state index in [-0.39, 0.29) is 0 Å². The van der Waals surface area contributed by atoms with E-state index in [0.29, 0.717) is 0 Å². The Kier molecular flexibility index (Phi) is 1.52. The lowest BCUT2D eigenvalue weighted by Crippen LogP contribution is -1.66. The van der Waals surface area contributed by atoms with E-state index in [1.165, 1.54) is 17.7 Å². The van der Waals surface area contributed by atoms with E-state index in [0.717, 1.165) is 18.0 Å². The Morgan fingerprint density at radius 3 is 2.86 bits per heavy atom. The van der Waals surface area contributed by atoms with Crippen molar-refractivity contribution < 1.29 is 0 Å². The predicted molar refractivity (Wildman–Crippen MR) is 32.0 cm³/mol. The van der Waals surface area contributed by atoms with Gasteiger partial charge in [-0.05, 0) is 23.7 Å². The van der Waals surface area contributed by atoms with Gasteiger partial charge in [0.25, 0.3) is 0 Å². The van der Waals surface area contributed by atoms with Gasteiger partial charge in [0.2, 0.25) is 4.91 Å². The minimum Gasteiger partial charge on any atom is -0.0406 e. The molecule has 7 heavy (non-hydrogen) atoms. The molecule has 0 amide bonds. The molecule has 0 unspecified atom stereocenters. The van der Waals surface area contributed by atoms with Gasteiger partial charge in [0.05, 0.1) is 0 Å². The summed E-state index contributed by atoms with van der Waals surface area (Å²) < 4.78 is 6.85. The predicted octanol–water partition coefficient (Wildman–Crippen LogP) is 1.90. The largest absolute Gasteiger partial charge is 0.348 e. The van der Waals surface area contributed by atoms with E-state index >= 15 is 0 Å². The minimum atomic E-state index is 1.14. The van der Waals surface area contributed by atoms with Crippen molar-refractivity contribution in [2.24, 2.45) is 0 Å². The van der Waals surface area contributed by atoms with Crippen molar-refractivity contribution in [3.05, 3.63) is 11.0 Å². The Hall–Kier alpha value is -0.240. The molecule has 1 aliphatic rings. The van der Waals surface area contributed by atoms with Crippen molar-refractivity contribution in [3.63, 3.8) is 0 Å². The highest BCUT2D eigenvalue weighted by molar-refractivity contribution is 7.71. The van der Waals surface area contributed by atoms with E-state index in [9.17, 15) is 0 Å². The maximum Gasteiger partial charge on any atom is 0.348 e. The summed E-state index contributed by atoms with van der Waals surface area (Å²) in [6.45, 7) is 0. The van der Waals surface area contributed by atoms with Gasteiger partial charge in [-0.25, -0.2) is 0 Å². The van der Waals surface area contributed by atoms with Gasteiger partial charge in [-0.15, -0.1) is 0 Å². The normalized spacial score (nSPS) is 19.1. The monoisotopic (exact) mass is 114 g/mol. The third kappa shape index (κ3) is 1.06. The summed E-state index contributed by atoms with van der Waals surface area (Å²) >= 11 is 1.14. The first-order valence-corrected chi connectivity index (χ1v) is 3.28. The second-order valence-corrected chi connectivity index (χ2v) is 2.39. The fourth-order valence-electron chi connectivity index (χ4n) is 0.734. The van der Waals surface area contributed by atoms with Crippen LogP contribution >= 0.6 is 0 Å². The van der Waals surface area contributed by atoms with Gasteiger partial charge in [0.15, 0.2) is 0 Å². The van der Waals surface area contributed by atoms with Gasteiger partial charge in [0, 0.05) is 6.42 Å². The molecule has 0 saturated heterocycles. The SMILES string of the molecule is N=[S+]C1=CCCC1. The molecule has 0 aliphatic heterocycles. The maximum atomic E-state index is 6.85. The Balaban J connectivity index is 2.51. The molecule has 38 valence electrons. The highest BCUT2D eigenvalue weighted by atomic mass is 32.1. The summed E-state index contributed by atoms with van der Waals surface area (Å²) in [7, 11) is 0. The van der Waals surface area contributed by atoms with Crippen LogP contribution in [0.4, 0.5) is 0 Å². The third-order valence-corrected chi connectivity index (χ3v) is 1.76. The molecule has 1 rings (SSSR count). The number of hydrogen-bond acceptors (Lipinski definition) is 1. The van der Waals surface area contributed by atoms with Crippen LogP contribution in [0.1, 0.15) is 19.3 Å². The van der Waals surface area contributed by atoms with Crippen LogP contribution in [0.15, 0.2) is 11.0 Å². The zero-order valence-electron chi connectivity index (χ0n) is 4.11. The molecule has 1 N–H and O–H groups in total. The van der Waals surface area contributed by atoms with Crippen LogP contribution in [0, 0.1) is 4.78 Å². The van der Waals surface area contributed by atoms with Gasteiger partial charge >= 0.3 is 11.6 Å². The van der Waals surface area contributed by atoms with E-state index in [1.807, 2.05) is 0 Å². The zero-order valence-corrected chi connectivity index (χ0v) is 4.92. The van der Waals surface area contributed by atoms with Gasteiger partial charge in [-0.1, -0.05) is 0 Å². The first kappa shape index (κ1) is 4.91. The summed E-state index contributed by atoms with van der Waals surface area (Å²) in [5.74, 6) is 0. The number of allylic oxidation sites excluding steroid dienone is 2. The Morgan fingerprint density at radius 2 is 2.57 bits per heavy atom. The zero-order chi connectivity index (χ0) is 5.11. The van der Waals surface area contributed by atoms with Gasteiger partial charge in [0.1, 0.15) is 0 Å². The average Bonchev–Trinajstić information content (AvgIpc) is 2.14. The molecule has 1 nitrogen and oxygen atoms in total. The number of nitrogens with one attached hydrogen (secondary N) is 1. The first-order valence-electron chi connectivity index (χ1n) is 2.46. The van der Waals surface area contributed by atoms with Gasteiger partial charge in [-0.3, -0.25) is 0 Å². The van der Waals surface area contributed by atoms with E-state index in [2.05, 4.69) is 6.08 Å². The fraction of sp³-hybridized carbons (Fsp3) is 0.600. The maximum absolute atomic E-state index is 6.85. The molecule has 0 saturated carbocycles. The topological polar surface area (TPSA) is 23.9 Å². The molecule has 0 fully saturated rings. The number of hydrogen-bond donors (Lipinski definition) is 1. The summed E-state index contributed by atoms with van der Waals surface area (Å²) in [5, 5.41) is 0. The molecule has 2 heteroatoms. The quantitative estimate of drug-likeness (QED) is 0.503. The molecule has 0 atom stereocenters. The van der Waals surface area contributed by atoms with Crippen LogP contribution < -0.4 is 0 Å². The van der Waals surface area contributed by atoms with Crippen LogP contribution in [0.25, 0.3) is 0 Å². The molecule has 0 radical (unpaired) electrons. The Morgan fingerprint density at radius 1 is 1.71 bits per heavy atom. The van der Waals surface area contributed by atoms with Crippen molar-refractivity contribution in [1.29, 1.82) is 4.78 Å². The summed E-state index contributed by atoms with van der Waals surface area (Å²) in [4.78, 5) is 1.25. The lowest BCUT2D eigenvalue weighted by atomic mass is 10.4. The molecule has 0 aromatic carbocycles. The highest BCUT2D eigenvalue weighted by Crippen LogP contribution is 2.15. The van der Waals surface area contributed by atoms with Crippen molar-refractivity contribution >= 4 is 11.6 Å². The number of rotatable bonds is 1. The Bertz CT molecular complexity index is 107. The fourth-order valence-corrected chi connectivity index (χ4v) is 1.18. The summed E-state index contributed by atoms with van der Waals surface area (Å²) in [6.07, 6.45) is 5.76. The van der Waals surface area contributed by atoms with Crippen molar-refractivity contribution in [2.75, 3.05) is 0 Å². The molecule has 0 aromatic rings. The molecule has 0 bridgehead atoms. The molecule has 1 aliphatic carbocycles. The van der Waals surface area contributed by atoms with Crippen LogP contribution in [-0.4, -0.2) is 0 Å². The highest BCUT2D eigenvalue weighted by Gasteiger charge is 2.11. The molecular formula is C5H8NS+. The summed E-state index contributed by atoms with van der Waals surface area (Å²) in [5.41, 5.74) is 0. The Labute approximate surface area is 47.4 Å². The molecule has 0 aromatic heterocycles. The van der Waals surface area contributed by atoms with Crippen LogP contribution in [0.5, 0.6) is 0 Å². The van der Waals surface area contributed by atoms with Gasteiger partial charge < -0.3 is 0 Å².